The molecule has 134 valence electrons. The highest BCUT2D eigenvalue weighted by Crippen LogP contribution is 2.31. The molecule has 0 bridgehead atoms. The number of para-hydroxylation sites is 2. The fraction of sp³-hybridized carbons (Fsp3) is 0.0952. The molecule has 0 radical (unpaired) electrons. The quantitative estimate of drug-likeness (QED) is 0.521. The summed E-state index contributed by atoms with van der Waals surface area (Å²) in [7, 11) is 2.57. The molecule has 0 atom stereocenters. The van der Waals surface area contributed by atoms with Gasteiger partial charge in [0, 0.05) is 5.56 Å². The molecule has 0 fully saturated rings. The number of imidazole rings is 1. The van der Waals surface area contributed by atoms with Gasteiger partial charge in [-0.2, -0.15) is 0 Å². The van der Waals surface area contributed by atoms with E-state index in [-0.39, 0.29) is 11.3 Å². The van der Waals surface area contributed by atoms with Crippen LogP contribution in [0.15, 0.2) is 60.7 Å². The van der Waals surface area contributed by atoms with E-state index in [0.717, 1.165) is 5.56 Å². The normalized spacial score (nSPS) is 10.9. The minimum absolute atomic E-state index is 0.0920. The van der Waals surface area contributed by atoms with Crippen molar-refractivity contribution in [2.45, 2.75) is 0 Å². The highest BCUT2D eigenvalue weighted by Gasteiger charge is 2.28. The van der Waals surface area contributed by atoms with Gasteiger partial charge in [-0.15, -0.1) is 0 Å². The number of rotatable bonds is 3. The van der Waals surface area contributed by atoms with Crippen molar-refractivity contribution >= 4 is 28.6 Å². The Kier molecular flexibility index (Phi) is 4.08. The van der Waals surface area contributed by atoms with Crippen LogP contribution in [0, 0.1) is 0 Å². The maximum Gasteiger partial charge on any atom is 0.356 e. The lowest BCUT2D eigenvalue weighted by atomic mass is 9.98. The van der Waals surface area contributed by atoms with E-state index >= 15 is 0 Å². The molecule has 0 N–H and O–H groups in total. The summed E-state index contributed by atoms with van der Waals surface area (Å²) in [4.78, 5) is 30.0. The van der Waals surface area contributed by atoms with Gasteiger partial charge < -0.3 is 9.47 Å². The molecule has 0 aliphatic heterocycles. The highest BCUT2D eigenvalue weighted by molar-refractivity contribution is 6.08. The molecule has 0 spiro atoms. The van der Waals surface area contributed by atoms with Crippen LogP contribution in [0.4, 0.5) is 0 Å². The van der Waals surface area contributed by atoms with E-state index < -0.39 is 11.9 Å². The molecule has 27 heavy (non-hydrogen) atoms. The molecule has 0 saturated carbocycles. The number of esters is 2. The van der Waals surface area contributed by atoms with E-state index in [1.54, 1.807) is 10.5 Å². The van der Waals surface area contributed by atoms with Crippen LogP contribution in [0.1, 0.15) is 20.8 Å². The summed E-state index contributed by atoms with van der Waals surface area (Å²) in [6.45, 7) is 0. The maximum absolute atomic E-state index is 12.7. The van der Waals surface area contributed by atoms with E-state index in [0.29, 0.717) is 22.2 Å². The van der Waals surface area contributed by atoms with Crippen LogP contribution < -0.4 is 0 Å². The second-order valence-electron chi connectivity index (χ2n) is 5.92. The summed E-state index contributed by atoms with van der Waals surface area (Å²) in [5, 5.41) is 0. The van der Waals surface area contributed by atoms with E-state index in [1.807, 2.05) is 54.6 Å². The first kappa shape index (κ1) is 16.8. The predicted octanol–water partition coefficient (Wildman–Crippen LogP) is 3.73. The number of carbonyl (C=O) groups is 2. The van der Waals surface area contributed by atoms with Gasteiger partial charge in [0.15, 0.2) is 0 Å². The number of ether oxygens (including phenoxy) is 2. The van der Waals surface area contributed by atoms with Crippen molar-refractivity contribution in [3.8, 4) is 11.1 Å². The first-order valence-corrected chi connectivity index (χ1v) is 8.32. The largest absolute Gasteiger partial charge is 0.465 e. The van der Waals surface area contributed by atoms with Crippen molar-refractivity contribution in [2.24, 2.45) is 0 Å². The third-order valence-corrected chi connectivity index (χ3v) is 4.44. The Morgan fingerprint density at radius 1 is 0.889 bits per heavy atom. The van der Waals surface area contributed by atoms with Crippen molar-refractivity contribution < 1.29 is 19.1 Å². The Morgan fingerprint density at radius 3 is 2.26 bits per heavy atom. The molecule has 0 saturated heterocycles. The Hall–Kier alpha value is -3.67. The number of nitrogens with zero attached hydrogens (tertiary/aromatic N) is 2. The standard InChI is InChI=1S/C21H16N2O4/c1-26-20(24)18-14(13-8-4-3-5-9-13)12-17-22-15-10-6-7-11-16(15)23(17)19(18)21(25)27-2/h3-12H,1-2H3. The SMILES string of the molecule is COC(=O)c1c(-c2ccccc2)cc2nc3ccccc3n2c1C(=O)OC. The average molecular weight is 360 g/mol. The third kappa shape index (κ3) is 2.62. The van der Waals surface area contributed by atoms with Gasteiger partial charge in [0.1, 0.15) is 11.3 Å². The summed E-state index contributed by atoms with van der Waals surface area (Å²) in [6, 6.07) is 18.5. The maximum atomic E-state index is 12.7. The molecule has 0 aliphatic rings. The average Bonchev–Trinajstić information content (AvgIpc) is 3.10. The van der Waals surface area contributed by atoms with Crippen molar-refractivity contribution in [3.63, 3.8) is 0 Å². The molecule has 6 heteroatoms. The Morgan fingerprint density at radius 2 is 1.56 bits per heavy atom. The molecule has 2 aromatic carbocycles. The second-order valence-corrected chi connectivity index (χ2v) is 5.92. The Balaban J connectivity index is 2.22. The smallest absolute Gasteiger partial charge is 0.356 e. The van der Waals surface area contributed by atoms with Crippen molar-refractivity contribution in [1.29, 1.82) is 0 Å². The van der Waals surface area contributed by atoms with E-state index in [1.165, 1.54) is 14.2 Å². The minimum Gasteiger partial charge on any atom is -0.465 e. The zero-order valence-electron chi connectivity index (χ0n) is 14.8. The van der Waals surface area contributed by atoms with Gasteiger partial charge in [0.25, 0.3) is 0 Å². The van der Waals surface area contributed by atoms with Gasteiger partial charge in [-0.25, -0.2) is 14.6 Å². The fourth-order valence-corrected chi connectivity index (χ4v) is 3.26. The van der Waals surface area contributed by atoms with Crippen LogP contribution in [0.3, 0.4) is 0 Å². The van der Waals surface area contributed by atoms with Gasteiger partial charge >= 0.3 is 11.9 Å². The van der Waals surface area contributed by atoms with Crippen LogP contribution in [0.25, 0.3) is 27.8 Å². The van der Waals surface area contributed by atoms with E-state index in [4.69, 9.17) is 9.47 Å². The lowest BCUT2D eigenvalue weighted by Gasteiger charge is -2.15. The van der Waals surface area contributed by atoms with Gasteiger partial charge in [-0.1, -0.05) is 42.5 Å². The van der Waals surface area contributed by atoms with Crippen LogP contribution in [-0.2, 0) is 9.47 Å². The Bertz CT molecular complexity index is 1180. The molecule has 4 rings (SSSR count). The summed E-state index contributed by atoms with van der Waals surface area (Å²) < 4.78 is 11.6. The highest BCUT2D eigenvalue weighted by atomic mass is 16.5. The van der Waals surface area contributed by atoms with Gasteiger partial charge in [0.05, 0.1) is 30.8 Å². The van der Waals surface area contributed by atoms with E-state index in [2.05, 4.69) is 4.98 Å². The number of aromatic nitrogens is 2. The zero-order chi connectivity index (χ0) is 19.0. The first-order chi connectivity index (χ1) is 13.2. The molecular formula is C21H16N2O4. The molecule has 0 aliphatic carbocycles. The number of hydrogen-bond acceptors (Lipinski definition) is 5. The molecule has 2 aromatic heterocycles. The third-order valence-electron chi connectivity index (χ3n) is 4.44. The van der Waals surface area contributed by atoms with Crippen LogP contribution >= 0.6 is 0 Å². The number of pyridine rings is 1. The van der Waals surface area contributed by atoms with Crippen molar-refractivity contribution in [2.75, 3.05) is 14.2 Å². The van der Waals surface area contributed by atoms with Crippen molar-refractivity contribution in [3.05, 3.63) is 71.9 Å². The molecule has 2 heterocycles. The summed E-state index contributed by atoms with van der Waals surface area (Å²) in [5.74, 6) is -1.25. The number of fused-ring (bicyclic) bond motifs is 3. The zero-order valence-corrected chi connectivity index (χ0v) is 14.8. The van der Waals surface area contributed by atoms with Crippen LogP contribution in [-0.4, -0.2) is 35.5 Å². The molecule has 6 nitrogen and oxygen atoms in total. The lowest BCUT2D eigenvalue weighted by molar-refractivity contribution is 0.0549. The van der Waals surface area contributed by atoms with Gasteiger partial charge in [-0.05, 0) is 23.8 Å². The topological polar surface area (TPSA) is 69.9 Å². The summed E-state index contributed by atoms with van der Waals surface area (Å²) in [5.41, 5.74) is 3.54. The van der Waals surface area contributed by atoms with Crippen molar-refractivity contribution in [1.82, 2.24) is 9.38 Å². The monoisotopic (exact) mass is 360 g/mol. The van der Waals surface area contributed by atoms with Crippen LogP contribution in [0.2, 0.25) is 0 Å². The fourth-order valence-electron chi connectivity index (χ4n) is 3.26. The summed E-state index contributed by atoms with van der Waals surface area (Å²) >= 11 is 0. The van der Waals surface area contributed by atoms with Gasteiger partial charge in [0.2, 0.25) is 0 Å². The molecule has 4 aromatic rings. The van der Waals surface area contributed by atoms with Gasteiger partial charge in [-0.3, -0.25) is 4.40 Å². The molecule has 0 amide bonds. The number of hydrogen-bond donors (Lipinski definition) is 0. The molecular weight excluding hydrogens is 344 g/mol. The van der Waals surface area contributed by atoms with E-state index in [9.17, 15) is 9.59 Å². The first-order valence-electron chi connectivity index (χ1n) is 8.32. The van der Waals surface area contributed by atoms with Crippen LogP contribution in [0.5, 0.6) is 0 Å². The number of benzene rings is 2. The Labute approximate surface area is 155 Å². The molecule has 0 unspecified atom stereocenters. The number of methoxy groups -OCH3 is 2. The second kappa shape index (κ2) is 6.57. The minimum atomic E-state index is -0.638. The lowest BCUT2D eigenvalue weighted by Crippen LogP contribution is -2.18. The summed E-state index contributed by atoms with van der Waals surface area (Å²) in [6.07, 6.45) is 0. The number of carbonyl (C=O) groups excluding carboxylic acids is 2. The predicted molar refractivity (Wildman–Crippen MR) is 101 cm³/mol.